The van der Waals surface area contributed by atoms with Crippen molar-refractivity contribution in [3.8, 4) is 17.3 Å². The van der Waals surface area contributed by atoms with Crippen molar-refractivity contribution in [3.63, 3.8) is 0 Å². The summed E-state index contributed by atoms with van der Waals surface area (Å²) in [4.78, 5) is 12.0. The van der Waals surface area contributed by atoms with Crippen LogP contribution in [0, 0.1) is 11.3 Å². The SMILES string of the molecule is N#Cc1ccc2[nH]c3ncnc(-c4ccccc4)c3c2c1. The summed E-state index contributed by atoms with van der Waals surface area (Å²) < 4.78 is 0. The Morgan fingerprint density at radius 2 is 1.86 bits per heavy atom. The van der Waals surface area contributed by atoms with Gasteiger partial charge < -0.3 is 4.98 Å². The summed E-state index contributed by atoms with van der Waals surface area (Å²) in [5.74, 6) is 0. The van der Waals surface area contributed by atoms with Gasteiger partial charge in [0.1, 0.15) is 12.0 Å². The molecule has 4 heteroatoms. The summed E-state index contributed by atoms with van der Waals surface area (Å²) in [6.07, 6.45) is 1.56. The third-order valence-electron chi connectivity index (χ3n) is 3.57. The highest BCUT2D eigenvalue weighted by molar-refractivity contribution is 6.12. The molecule has 2 aromatic heterocycles. The molecule has 2 heterocycles. The highest BCUT2D eigenvalue weighted by atomic mass is 14.9. The van der Waals surface area contributed by atoms with Gasteiger partial charge in [-0.2, -0.15) is 5.26 Å². The van der Waals surface area contributed by atoms with E-state index in [0.717, 1.165) is 33.2 Å². The topological polar surface area (TPSA) is 65.4 Å². The zero-order valence-electron chi connectivity index (χ0n) is 11.0. The molecule has 0 saturated carbocycles. The number of aromatic amines is 1. The van der Waals surface area contributed by atoms with Gasteiger partial charge in [0.05, 0.1) is 22.7 Å². The lowest BCUT2D eigenvalue weighted by molar-refractivity contribution is 1.21. The van der Waals surface area contributed by atoms with Crippen molar-refractivity contribution in [1.29, 1.82) is 5.26 Å². The molecule has 0 fully saturated rings. The molecule has 0 aliphatic heterocycles. The molecular formula is C17H10N4. The minimum atomic E-state index is 0.631. The van der Waals surface area contributed by atoms with Crippen LogP contribution in [0.1, 0.15) is 5.56 Å². The van der Waals surface area contributed by atoms with Crippen molar-refractivity contribution in [3.05, 3.63) is 60.4 Å². The van der Waals surface area contributed by atoms with Gasteiger partial charge in [0.25, 0.3) is 0 Å². The second-order valence-electron chi connectivity index (χ2n) is 4.81. The number of fused-ring (bicyclic) bond motifs is 3. The van der Waals surface area contributed by atoms with Crippen molar-refractivity contribution >= 4 is 21.9 Å². The van der Waals surface area contributed by atoms with E-state index in [1.54, 1.807) is 12.4 Å². The van der Waals surface area contributed by atoms with E-state index in [4.69, 9.17) is 5.26 Å². The van der Waals surface area contributed by atoms with E-state index in [0.29, 0.717) is 5.56 Å². The number of nitrogens with one attached hydrogen (secondary N) is 1. The monoisotopic (exact) mass is 270 g/mol. The Balaban J connectivity index is 2.15. The van der Waals surface area contributed by atoms with E-state index in [2.05, 4.69) is 21.0 Å². The maximum atomic E-state index is 9.10. The van der Waals surface area contributed by atoms with Crippen molar-refractivity contribution < 1.29 is 0 Å². The van der Waals surface area contributed by atoms with Crippen LogP contribution < -0.4 is 0 Å². The van der Waals surface area contributed by atoms with Gasteiger partial charge in [-0.05, 0) is 18.2 Å². The molecule has 0 bridgehead atoms. The molecule has 0 radical (unpaired) electrons. The maximum absolute atomic E-state index is 9.10. The summed E-state index contributed by atoms with van der Waals surface area (Å²) in [5.41, 5.74) is 4.29. The van der Waals surface area contributed by atoms with Gasteiger partial charge in [0, 0.05) is 16.5 Å². The minimum Gasteiger partial charge on any atom is -0.339 e. The molecule has 4 aromatic rings. The third-order valence-corrected chi connectivity index (χ3v) is 3.57. The van der Waals surface area contributed by atoms with Crippen LogP contribution in [0.15, 0.2) is 54.9 Å². The fourth-order valence-electron chi connectivity index (χ4n) is 2.61. The van der Waals surface area contributed by atoms with Crippen LogP contribution in [0.5, 0.6) is 0 Å². The van der Waals surface area contributed by atoms with Crippen molar-refractivity contribution in [2.24, 2.45) is 0 Å². The molecule has 0 aliphatic rings. The van der Waals surface area contributed by atoms with Crippen molar-refractivity contribution in [2.75, 3.05) is 0 Å². The van der Waals surface area contributed by atoms with Gasteiger partial charge in [0.2, 0.25) is 0 Å². The summed E-state index contributed by atoms with van der Waals surface area (Å²) >= 11 is 0. The Morgan fingerprint density at radius 1 is 1.00 bits per heavy atom. The molecule has 0 aliphatic carbocycles. The molecule has 2 aromatic carbocycles. The second kappa shape index (κ2) is 4.43. The zero-order chi connectivity index (χ0) is 14.2. The molecule has 0 unspecified atom stereocenters. The Labute approximate surface area is 120 Å². The summed E-state index contributed by atoms with van der Waals surface area (Å²) in [6.45, 7) is 0. The van der Waals surface area contributed by atoms with Crippen LogP contribution in [0.4, 0.5) is 0 Å². The van der Waals surface area contributed by atoms with Crippen LogP contribution >= 0.6 is 0 Å². The van der Waals surface area contributed by atoms with Gasteiger partial charge >= 0.3 is 0 Å². The van der Waals surface area contributed by atoms with E-state index in [9.17, 15) is 0 Å². The molecular weight excluding hydrogens is 260 g/mol. The summed E-state index contributed by atoms with van der Waals surface area (Å²) in [7, 11) is 0. The first-order chi connectivity index (χ1) is 10.4. The van der Waals surface area contributed by atoms with Gasteiger partial charge in [0.15, 0.2) is 0 Å². The lowest BCUT2D eigenvalue weighted by Crippen LogP contribution is -1.87. The molecule has 0 saturated heterocycles. The van der Waals surface area contributed by atoms with Crippen LogP contribution in [-0.2, 0) is 0 Å². The summed E-state index contributed by atoms with van der Waals surface area (Å²) in [6, 6.07) is 17.8. The number of hydrogen-bond acceptors (Lipinski definition) is 3. The molecule has 0 amide bonds. The number of benzene rings is 2. The number of aromatic nitrogens is 3. The van der Waals surface area contributed by atoms with Gasteiger partial charge in [-0.3, -0.25) is 0 Å². The number of hydrogen-bond donors (Lipinski definition) is 1. The maximum Gasteiger partial charge on any atom is 0.142 e. The zero-order valence-corrected chi connectivity index (χ0v) is 11.0. The predicted octanol–water partition coefficient (Wildman–Crippen LogP) is 3.65. The van der Waals surface area contributed by atoms with Gasteiger partial charge in [-0.1, -0.05) is 30.3 Å². The molecule has 98 valence electrons. The Morgan fingerprint density at radius 3 is 2.67 bits per heavy atom. The Hall–Kier alpha value is -3.19. The fourth-order valence-corrected chi connectivity index (χ4v) is 2.61. The predicted molar refractivity (Wildman–Crippen MR) is 81.5 cm³/mol. The Bertz CT molecular complexity index is 994. The molecule has 4 rings (SSSR count). The number of rotatable bonds is 1. The third kappa shape index (κ3) is 1.76. The van der Waals surface area contributed by atoms with Gasteiger partial charge in [-0.25, -0.2) is 9.97 Å². The number of nitrogens with zero attached hydrogens (tertiary/aromatic N) is 3. The highest BCUT2D eigenvalue weighted by Gasteiger charge is 2.12. The Kier molecular flexibility index (Phi) is 2.45. The quantitative estimate of drug-likeness (QED) is 0.574. The van der Waals surface area contributed by atoms with Crippen LogP contribution in [0.25, 0.3) is 33.2 Å². The largest absolute Gasteiger partial charge is 0.339 e. The lowest BCUT2D eigenvalue weighted by atomic mass is 10.1. The van der Waals surface area contributed by atoms with E-state index >= 15 is 0 Å². The van der Waals surface area contributed by atoms with Gasteiger partial charge in [-0.15, -0.1) is 0 Å². The van der Waals surface area contributed by atoms with Crippen molar-refractivity contribution in [1.82, 2.24) is 15.0 Å². The smallest absolute Gasteiger partial charge is 0.142 e. The molecule has 21 heavy (non-hydrogen) atoms. The fraction of sp³-hybridized carbons (Fsp3) is 0. The first-order valence-electron chi connectivity index (χ1n) is 6.59. The molecule has 4 nitrogen and oxygen atoms in total. The molecule has 0 atom stereocenters. The summed E-state index contributed by atoms with van der Waals surface area (Å²) in [5, 5.41) is 11.0. The number of H-pyrrole nitrogens is 1. The van der Waals surface area contributed by atoms with E-state index < -0.39 is 0 Å². The standard InChI is InChI=1S/C17H10N4/c18-9-11-6-7-14-13(8-11)15-16(12-4-2-1-3-5-12)19-10-20-17(15)21-14/h1-8,10H,(H,19,20,21). The van der Waals surface area contributed by atoms with Crippen LogP contribution in [0.3, 0.4) is 0 Å². The highest BCUT2D eigenvalue weighted by Crippen LogP contribution is 2.32. The van der Waals surface area contributed by atoms with Crippen molar-refractivity contribution in [2.45, 2.75) is 0 Å². The molecule has 1 N–H and O–H groups in total. The van der Waals surface area contributed by atoms with Crippen LogP contribution in [0.2, 0.25) is 0 Å². The normalized spacial score (nSPS) is 10.8. The first-order valence-corrected chi connectivity index (χ1v) is 6.59. The lowest BCUT2D eigenvalue weighted by Gasteiger charge is -2.02. The second-order valence-corrected chi connectivity index (χ2v) is 4.81. The van der Waals surface area contributed by atoms with E-state index in [1.165, 1.54) is 0 Å². The molecule has 0 spiro atoms. The van der Waals surface area contributed by atoms with Crippen LogP contribution in [-0.4, -0.2) is 15.0 Å². The van der Waals surface area contributed by atoms with E-state index in [-0.39, 0.29) is 0 Å². The number of nitriles is 1. The average Bonchev–Trinajstić information content (AvgIpc) is 2.93. The minimum absolute atomic E-state index is 0.631. The average molecular weight is 270 g/mol. The van der Waals surface area contributed by atoms with E-state index in [1.807, 2.05) is 42.5 Å². The first kappa shape index (κ1) is 11.6.